The number of carbonyl (C=O) groups excluding carboxylic acids is 1. The summed E-state index contributed by atoms with van der Waals surface area (Å²) in [6, 6.07) is 10.2. The van der Waals surface area contributed by atoms with Crippen LogP contribution < -0.4 is 10.4 Å². The minimum absolute atomic E-state index is 0.0704. The standard InChI is InChI=1S/C26H27ClF3N3O3/c1-14(2)17-13-16(8-10-20(17)36-5)22-31-23(33-24(35)32-22)18-12-15(6-9-19(18)27)7-11-21(34)25(3,4)26(28,29)30/h6,8-10,12-14H,7,11H2,1-5H3,(H,31,32,33,35). The number of hydrogen-bond acceptors (Lipinski definition) is 5. The number of hydrogen-bond donors (Lipinski definition) is 1. The molecule has 0 aliphatic heterocycles. The molecule has 1 N–H and O–H groups in total. The molecular weight excluding hydrogens is 495 g/mol. The normalized spacial score (nSPS) is 12.2. The van der Waals surface area contributed by atoms with Gasteiger partial charge in [0.25, 0.3) is 0 Å². The van der Waals surface area contributed by atoms with Gasteiger partial charge in [-0.05, 0) is 67.6 Å². The largest absolute Gasteiger partial charge is 0.496 e. The molecule has 0 atom stereocenters. The van der Waals surface area contributed by atoms with E-state index in [1.807, 2.05) is 19.9 Å². The van der Waals surface area contributed by atoms with Crippen LogP contribution in [0.15, 0.2) is 41.2 Å². The number of nitrogens with zero attached hydrogens (tertiary/aromatic N) is 2. The van der Waals surface area contributed by atoms with Crippen molar-refractivity contribution >= 4 is 17.4 Å². The van der Waals surface area contributed by atoms with E-state index in [2.05, 4.69) is 15.0 Å². The van der Waals surface area contributed by atoms with Gasteiger partial charge in [0.15, 0.2) is 5.82 Å². The van der Waals surface area contributed by atoms with Crippen molar-refractivity contribution in [2.75, 3.05) is 7.11 Å². The number of H-pyrrole nitrogens is 1. The van der Waals surface area contributed by atoms with E-state index in [1.165, 1.54) is 0 Å². The number of rotatable bonds is 8. The molecule has 0 fully saturated rings. The second kappa shape index (κ2) is 10.4. The Labute approximate surface area is 211 Å². The van der Waals surface area contributed by atoms with Gasteiger partial charge in [0.1, 0.15) is 22.8 Å². The number of halogens is 4. The van der Waals surface area contributed by atoms with Crippen LogP contribution in [0.25, 0.3) is 22.8 Å². The van der Waals surface area contributed by atoms with Gasteiger partial charge < -0.3 is 4.74 Å². The van der Waals surface area contributed by atoms with E-state index in [4.69, 9.17) is 16.3 Å². The number of ketones is 1. The molecule has 3 aromatic rings. The molecule has 36 heavy (non-hydrogen) atoms. The first-order valence-electron chi connectivity index (χ1n) is 11.3. The molecule has 0 saturated heterocycles. The van der Waals surface area contributed by atoms with Crippen LogP contribution in [0.2, 0.25) is 5.02 Å². The van der Waals surface area contributed by atoms with Crippen LogP contribution in [0.3, 0.4) is 0 Å². The van der Waals surface area contributed by atoms with Crippen molar-refractivity contribution in [2.24, 2.45) is 5.41 Å². The van der Waals surface area contributed by atoms with Gasteiger partial charge >= 0.3 is 11.9 Å². The number of carbonyl (C=O) groups is 1. The van der Waals surface area contributed by atoms with Crippen molar-refractivity contribution in [3.8, 4) is 28.5 Å². The van der Waals surface area contributed by atoms with E-state index in [9.17, 15) is 22.8 Å². The summed E-state index contributed by atoms with van der Waals surface area (Å²) in [7, 11) is 1.58. The Morgan fingerprint density at radius 2 is 1.81 bits per heavy atom. The second-order valence-electron chi connectivity index (χ2n) is 9.30. The summed E-state index contributed by atoms with van der Waals surface area (Å²) in [4.78, 5) is 35.7. The summed E-state index contributed by atoms with van der Waals surface area (Å²) in [5.41, 5.74) is -0.600. The number of aryl methyl sites for hydroxylation is 1. The molecule has 192 valence electrons. The molecular formula is C26H27ClF3N3O3. The van der Waals surface area contributed by atoms with Gasteiger partial charge in [-0.3, -0.25) is 9.78 Å². The van der Waals surface area contributed by atoms with E-state index in [-0.39, 0.29) is 35.4 Å². The molecule has 0 spiro atoms. The first kappa shape index (κ1) is 27.4. The van der Waals surface area contributed by atoms with E-state index in [0.29, 0.717) is 22.4 Å². The highest BCUT2D eigenvalue weighted by Gasteiger charge is 2.51. The van der Waals surface area contributed by atoms with E-state index < -0.39 is 23.1 Å². The van der Waals surface area contributed by atoms with Crippen LogP contribution in [-0.4, -0.2) is 34.0 Å². The Kier molecular flexibility index (Phi) is 7.93. The molecule has 0 saturated carbocycles. The zero-order valence-corrected chi connectivity index (χ0v) is 21.3. The van der Waals surface area contributed by atoms with Gasteiger partial charge in [-0.25, -0.2) is 9.78 Å². The molecule has 2 aromatic carbocycles. The summed E-state index contributed by atoms with van der Waals surface area (Å²) in [5, 5.41) is 0.276. The summed E-state index contributed by atoms with van der Waals surface area (Å²) < 4.78 is 45.0. The van der Waals surface area contributed by atoms with Crippen LogP contribution in [0.5, 0.6) is 5.75 Å². The molecule has 0 aliphatic carbocycles. The lowest BCUT2D eigenvalue weighted by Gasteiger charge is -2.26. The molecule has 0 amide bonds. The lowest BCUT2D eigenvalue weighted by molar-refractivity contribution is -0.210. The number of methoxy groups -OCH3 is 1. The van der Waals surface area contributed by atoms with Crippen molar-refractivity contribution in [2.45, 2.75) is 52.6 Å². The van der Waals surface area contributed by atoms with Crippen LogP contribution >= 0.6 is 11.6 Å². The molecule has 6 nitrogen and oxygen atoms in total. The number of ether oxygens (including phenoxy) is 1. The van der Waals surface area contributed by atoms with Crippen molar-refractivity contribution in [3.63, 3.8) is 0 Å². The average molecular weight is 522 g/mol. The Bertz CT molecular complexity index is 1330. The van der Waals surface area contributed by atoms with Gasteiger partial charge in [0.05, 0.1) is 12.1 Å². The predicted octanol–water partition coefficient (Wildman–Crippen LogP) is 6.37. The highest BCUT2D eigenvalue weighted by atomic mass is 35.5. The Morgan fingerprint density at radius 3 is 2.42 bits per heavy atom. The van der Waals surface area contributed by atoms with Gasteiger partial charge in [0.2, 0.25) is 0 Å². The van der Waals surface area contributed by atoms with E-state index >= 15 is 0 Å². The Morgan fingerprint density at radius 1 is 1.11 bits per heavy atom. The number of Topliss-reactive ketones (excluding diaryl/α,β-unsaturated/α-hetero) is 1. The van der Waals surface area contributed by atoms with Crippen LogP contribution in [0.4, 0.5) is 13.2 Å². The van der Waals surface area contributed by atoms with Crippen LogP contribution in [0.1, 0.15) is 51.2 Å². The van der Waals surface area contributed by atoms with E-state index in [0.717, 1.165) is 19.4 Å². The topological polar surface area (TPSA) is 84.9 Å². The van der Waals surface area contributed by atoms with Gasteiger partial charge in [-0.1, -0.05) is 31.5 Å². The monoisotopic (exact) mass is 521 g/mol. The maximum Gasteiger partial charge on any atom is 0.400 e. The molecule has 3 rings (SSSR count). The second-order valence-corrected chi connectivity index (χ2v) is 9.70. The van der Waals surface area contributed by atoms with Crippen molar-refractivity contribution < 1.29 is 22.7 Å². The Balaban J connectivity index is 1.95. The minimum Gasteiger partial charge on any atom is -0.496 e. The lowest BCUT2D eigenvalue weighted by atomic mass is 9.84. The number of alkyl halides is 3. The first-order chi connectivity index (χ1) is 16.7. The smallest absolute Gasteiger partial charge is 0.400 e. The van der Waals surface area contributed by atoms with Crippen LogP contribution in [-0.2, 0) is 11.2 Å². The fourth-order valence-electron chi connectivity index (χ4n) is 3.60. The SMILES string of the molecule is COc1ccc(-c2nc(-c3cc(CCC(=O)C(C)(C)C(F)(F)F)ccc3Cl)[nH]c(=O)n2)cc1C(C)C. The molecule has 1 heterocycles. The molecule has 1 aromatic heterocycles. The summed E-state index contributed by atoms with van der Waals surface area (Å²) in [6.45, 7) is 5.77. The number of benzene rings is 2. The summed E-state index contributed by atoms with van der Waals surface area (Å²) >= 11 is 6.37. The van der Waals surface area contributed by atoms with Crippen molar-refractivity contribution in [1.29, 1.82) is 0 Å². The minimum atomic E-state index is -4.64. The third-order valence-electron chi connectivity index (χ3n) is 6.09. The number of nitrogens with one attached hydrogen (secondary N) is 1. The highest BCUT2D eigenvalue weighted by molar-refractivity contribution is 6.33. The van der Waals surface area contributed by atoms with Gasteiger partial charge in [0, 0.05) is 17.5 Å². The predicted molar refractivity (Wildman–Crippen MR) is 132 cm³/mol. The fourth-order valence-corrected chi connectivity index (χ4v) is 3.81. The first-order valence-corrected chi connectivity index (χ1v) is 11.7. The molecule has 0 unspecified atom stereocenters. The number of aromatic amines is 1. The lowest BCUT2D eigenvalue weighted by Crippen LogP contribution is -2.39. The average Bonchev–Trinajstić information content (AvgIpc) is 2.81. The zero-order chi connectivity index (χ0) is 26.8. The van der Waals surface area contributed by atoms with E-state index in [1.54, 1.807) is 37.4 Å². The van der Waals surface area contributed by atoms with Crippen molar-refractivity contribution in [1.82, 2.24) is 15.0 Å². The number of aromatic nitrogens is 3. The maximum absolute atomic E-state index is 13.2. The quantitative estimate of drug-likeness (QED) is 0.372. The third kappa shape index (κ3) is 5.78. The van der Waals surface area contributed by atoms with Crippen LogP contribution in [0, 0.1) is 5.41 Å². The fraction of sp³-hybridized carbons (Fsp3) is 0.385. The molecule has 0 aliphatic rings. The van der Waals surface area contributed by atoms with Gasteiger partial charge in [-0.2, -0.15) is 18.2 Å². The highest BCUT2D eigenvalue weighted by Crippen LogP contribution is 2.39. The van der Waals surface area contributed by atoms with Crippen molar-refractivity contribution in [3.05, 3.63) is 63.0 Å². The maximum atomic E-state index is 13.2. The van der Waals surface area contributed by atoms with Gasteiger partial charge in [-0.15, -0.1) is 0 Å². The molecule has 0 radical (unpaired) electrons. The molecule has 0 bridgehead atoms. The Hall–Kier alpha value is -3.20. The third-order valence-corrected chi connectivity index (χ3v) is 6.42. The zero-order valence-electron chi connectivity index (χ0n) is 20.6. The summed E-state index contributed by atoms with van der Waals surface area (Å²) in [6.07, 6.45) is -4.87. The molecule has 10 heteroatoms. The summed E-state index contributed by atoms with van der Waals surface area (Å²) in [5.74, 6) is 0.280.